The van der Waals surface area contributed by atoms with E-state index in [1.165, 1.54) is 39.2 Å². The second-order valence-electron chi connectivity index (χ2n) is 4.62. The first-order valence-electron chi connectivity index (χ1n) is 6.91. The molecule has 0 fully saturated rings. The Morgan fingerprint density at radius 2 is 1.65 bits per heavy atom. The van der Waals surface area contributed by atoms with Gasteiger partial charge >= 0.3 is 5.97 Å². The van der Waals surface area contributed by atoms with Gasteiger partial charge < -0.3 is 4.74 Å². The molecule has 0 aliphatic carbocycles. The second-order valence-corrected chi connectivity index (χ2v) is 5.24. The molecule has 0 N–H and O–H groups in total. The average Bonchev–Trinajstić information content (AvgIpc) is 2.32. The highest BCUT2D eigenvalue weighted by molar-refractivity contribution is 6.20. The number of halogens is 1. The van der Waals surface area contributed by atoms with Gasteiger partial charge in [-0.05, 0) is 19.3 Å². The van der Waals surface area contributed by atoms with Gasteiger partial charge in [-0.3, -0.25) is 4.79 Å². The van der Waals surface area contributed by atoms with Crippen LogP contribution in [0.3, 0.4) is 0 Å². The number of carbonyl (C=O) groups excluding carboxylic acids is 1. The van der Waals surface area contributed by atoms with Crippen LogP contribution in [0.1, 0.15) is 71.1 Å². The van der Waals surface area contributed by atoms with Gasteiger partial charge in [0.2, 0.25) is 0 Å². The van der Waals surface area contributed by atoms with E-state index in [4.69, 9.17) is 11.6 Å². The molecule has 1 atom stereocenters. The van der Waals surface area contributed by atoms with Gasteiger partial charge in [-0.2, -0.15) is 0 Å². The highest BCUT2D eigenvalue weighted by atomic mass is 35.5. The van der Waals surface area contributed by atoms with Crippen molar-refractivity contribution >= 4 is 17.6 Å². The minimum Gasteiger partial charge on any atom is -0.469 e. The maximum Gasteiger partial charge on any atom is 0.305 e. The number of unbranched alkanes of at least 4 members (excludes halogenated alkanes) is 5. The summed E-state index contributed by atoms with van der Waals surface area (Å²) < 4.78 is 4.59. The van der Waals surface area contributed by atoms with E-state index in [1.807, 2.05) is 0 Å². The fourth-order valence-electron chi connectivity index (χ4n) is 1.90. The van der Waals surface area contributed by atoms with Crippen LogP contribution in [0.25, 0.3) is 0 Å². The molecule has 0 spiro atoms. The van der Waals surface area contributed by atoms with Gasteiger partial charge in [0, 0.05) is 11.8 Å². The normalized spacial score (nSPS) is 12.4. The largest absolute Gasteiger partial charge is 0.469 e. The topological polar surface area (TPSA) is 26.3 Å². The quantitative estimate of drug-likeness (QED) is 0.307. The summed E-state index contributed by atoms with van der Waals surface area (Å²) >= 11 is 6.14. The van der Waals surface area contributed by atoms with Crippen LogP contribution < -0.4 is 0 Å². The molecular formula is C14H27ClO2. The fourth-order valence-corrected chi connectivity index (χ4v) is 2.27. The van der Waals surface area contributed by atoms with Crippen LogP contribution >= 0.6 is 11.6 Å². The lowest BCUT2D eigenvalue weighted by atomic mass is 10.1. The van der Waals surface area contributed by atoms with Gasteiger partial charge in [0.1, 0.15) is 0 Å². The molecular weight excluding hydrogens is 236 g/mol. The molecule has 0 heterocycles. The van der Waals surface area contributed by atoms with Crippen LogP contribution in [0.2, 0.25) is 0 Å². The van der Waals surface area contributed by atoms with Gasteiger partial charge in [0.25, 0.3) is 0 Å². The molecule has 0 aromatic heterocycles. The first-order chi connectivity index (χ1) is 8.20. The van der Waals surface area contributed by atoms with Crippen molar-refractivity contribution in [2.24, 2.45) is 0 Å². The van der Waals surface area contributed by atoms with Gasteiger partial charge in [-0.15, -0.1) is 11.6 Å². The number of esters is 1. The lowest BCUT2D eigenvalue weighted by Crippen LogP contribution is -1.99. The number of hydrogen-bond acceptors (Lipinski definition) is 2. The predicted molar refractivity (Wildman–Crippen MR) is 73.5 cm³/mol. The summed E-state index contributed by atoms with van der Waals surface area (Å²) in [5.41, 5.74) is 0. The summed E-state index contributed by atoms with van der Waals surface area (Å²) in [7, 11) is 1.45. The smallest absolute Gasteiger partial charge is 0.305 e. The molecule has 0 aromatic carbocycles. The zero-order valence-electron chi connectivity index (χ0n) is 11.3. The molecule has 102 valence electrons. The van der Waals surface area contributed by atoms with Crippen molar-refractivity contribution in [1.29, 1.82) is 0 Å². The third-order valence-electron chi connectivity index (χ3n) is 2.98. The van der Waals surface area contributed by atoms with E-state index < -0.39 is 0 Å². The van der Waals surface area contributed by atoms with Crippen LogP contribution in [0, 0.1) is 0 Å². The van der Waals surface area contributed by atoms with Gasteiger partial charge in [-0.1, -0.05) is 45.4 Å². The number of hydrogen-bond donors (Lipinski definition) is 0. The Hall–Kier alpha value is -0.240. The fraction of sp³-hybridized carbons (Fsp3) is 0.929. The molecule has 0 bridgehead atoms. The molecule has 0 rings (SSSR count). The summed E-state index contributed by atoms with van der Waals surface area (Å²) in [5.74, 6) is -0.0884. The summed E-state index contributed by atoms with van der Waals surface area (Å²) in [6.07, 6.45) is 11.1. The Kier molecular flexibility index (Phi) is 12.1. The van der Waals surface area contributed by atoms with E-state index in [9.17, 15) is 4.79 Å². The molecule has 3 heteroatoms. The number of methoxy groups -OCH3 is 1. The van der Waals surface area contributed by atoms with E-state index in [0.717, 1.165) is 25.7 Å². The van der Waals surface area contributed by atoms with Crippen LogP contribution in [0.4, 0.5) is 0 Å². The van der Waals surface area contributed by atoms with Crippen molar-refractivity contribution in [3.05, 3.63) is 0 Å². The summed E-state index contributed by atoms with van der Waals surface area (Å²) in [5, 5.41) is 0.374. The molecule has 0 aliphatic heterocycles. The van der Waals surface area contributed by atoms with E-state index in [2.05, 4.69) is 11.7 Å². The molecule has 0 radical (unpaired) electrons. The molecule has 2 nitrogen and oxygen atoms in total. The van der Waals surface area contributed by atoms with Crippen molar-refractivity contribution in [3.63, 3.8) is 0 Å². The van der Waals surface area contributed by atoms with E-state index in [-0.39, 0.29) is 5.97 Å². The van der Waals surface area contributed by atoms with Crippen LogP contribution in [0.15, 0.2) is 0 Å². The van der Waals surface area contributed by atoms with E-state index in [0.29, 0.717) is 11.8 Å². The summed E-state index contributed by atoms with van der Waals surface area (Å²) in [4.78, 5) is 10.8. The number of alkyl halides is 1. The number of ether oxygens (including phenoxy) is 1. The molecule has 0 saturated heterocycles. The van der Waals surface area contributed by atoms with Crippen molar-refractivity contribution in [2.75, 3.05) is 7.11 Å². The Bertz CT molecular complexity index is 183. The zero-order chi connectivity index (χ0) is 12.9. The molecule has 1 unspecified atom stereocenters. The standard InChI is InChI=1S/C14H27ClO2/c1-3-10-13(15)11-8-6-4-5-7-9-12-14(16)17-2/h13H,3-12H2,1-2H3. The minimum atomic E-state index is -0.0884. The van der Waals surface area contributed by atoms with Gasteiger partial charge in [0.15, 0.2) is 0 Å². The molecule has 17 heavy (non-hydrogen) atoms. The maximum absolute atomic E-state index is 10.8. The van der Waals surface area contributed by atoms with Crippen LogP contribution in [-0.2, 0) is 9.53 Å². The Morgan fingerprint density at radius 1 is 1.06 bits per heavy atom. The highest BCUT2D eigenvalue weighted by Gasteiger charge is 2.02. The van der Waals surface area contributed by atoms with Crippen LogP contribution in [0.5, 0.6) is 0 Å². The SMILES string of the molecule is CCCC(Cl)CCCCCCCCC(=O)OC. The molecule has 0 amide bonds. The van der Waals surface area contributed by atoms with Gasteiger partial charge in [0.05, 0.1) is 7.11 Å². The first kappa shape index (κ1) is 16.8. The number of carbonyl (C=O) groups is 1. The maximum atomic E-state index is 10.8. The van der Waals surface area contributed by atoms with Crippen molar-refractivity contribution in [3.8, 4) is 0 Å². The molecule has 0 aliphatic rings. The Labute approximate surface area is 111 Å². The second kappa shape index (κ2) is 12.2. The predicted octanol–water partition coefficient (Wildman–Crippen LogP) is 4.69. The highest BCUT2D eigenvalue weighted by Crippen LogP contribution is 2.15. The van der Waals surface area contributed by atoms with Crippen LogP contribution in [-0.4, -0.2) is 18.5 Å². The number of rotatable bonds is 11. The summed E-state index contributed by atoms with van der Waals surface area (Å²) in [6, 6.07) is 0. The third kappa shape index (κ3) is 12.0. The van der Waals surface area contributed by atoms with Crippen molar-refractivity contribution in [2.45, 2.75) is 76.5 Å². The van der Waals surface area contributed by atoms with E-state index >= 15 is 0 Å². The lowest BCUT2D eigenvalue weighted by molar-refractivity contribution is -0.140. The Morgan fingerprint density at radius 3 is 2.24 bits per heavy atom. The lowest BCUT2D eigenvalue weighted by Gasteiger charge is -2.07. The third-order valence-corrected chi connectivity index (χ3v) is 3.41. The average molecular weight is 263 g/mol. The van der Waals surface area contributed by atoms with Crippen molar-refractivity contribution < 1.29 is 9.53 Å². The zero-order valence-corrected chi connectivity index (χ0v) is 12.1. The van der Waals surface area contributed by atoms with Crippen molar-refractivity contribution in [1.82, 2.24) is 0 Å². The van der Waals surface area contributed by atoms with E-state index in [1.54, 1.807) is 0 Å². The molecule has 0 saturated carbocycles. The Balaban J connectivity index is 3.11. The first-order valence-corrected chi connectivity index (χ1v) is 7.35. The minimum absolute atomic E-state index is 0.0884. The molecule has 0 aromatic rings. The summed E-state index contributed by atoms with van der Waals surface area (Å²) in [6.45, 7) is 2.18. The monoisotopic (exact) mass is 262 g/mol. The van der Waals surface area contributed by atoms with Gasteiger partial charge in [-0.25, -0.2) is 0 Å².